The van der Waals surface area contributed by atoms with Crippen LogP contribution in [0.4, 0.5) is 4.79 Å². The van der Waals surface area contributed by atoms with E-state index >= 15 is 0 Å². The number of aliphatic hydroxyl groups is 4. The minimum Gasteiger partial charge on any atom is -0.467 e. The number of hydrogen-bond donors (Lipinski definition) is 5. The summed E-state index contributed by atoms with van der Waals surface area (Å²) in [5.41, 5.74) is -6.92. The Morgan fingerprint density at radius 1 is 1.14 bits per heavy atom. The van der Waals surface area contributed by atoms with Crippen LogP contribution in [0.3, 0.4) is 0 Å². The second kappa shape index (κ2) is 16.5. The third-order valence-electron chi connectivity index (χ3n) is 12.5. The first-order valence-corrected chi connectivity index (χ1v) is 18.1. The molecule has 1 aromatic heterocycles. The van der Waals surface area contributed by atoms with Crippen LogP contribution in [0.5, 0.6) is 0 Å². The summed E-state index contributed by atoms with van der Waals surface area (Å²) in [6, 6.07) is 1.61. The van der Waals surface area contributed by atoms with Gasteiger partial charge in [-0.2, -0.15) is 0 Å². The van der Waals surface area contributed by atoms with E-state index in [1.807, 2.05) is 6.26 Å². The van der Waals surface area contributed by atoms with Gasteiger partial charge in [-0.3, -0.25) is 4.79 Å². The molecule has 2 radical (unpaired) electrons. The van der Waals surface area contributed by atoms with Crippen molar-refractivity contribution in [2.45, 2.75) is 122 Å². The van der Waals surface area contributed by atoms with Gasteiger partial charge in [0.25, 0.3) is 0 Å². The summed E-state index contributed by atoms with van der Waals surface area (Å²) in [4.78, 5) is 41.0. The Bertz CT molecular complexity index is 1490. The number of aliphatic hydroxyl groups excluding tert-OH is 2. The van der Waals surface area contributed by atoms with Gasteiger partial charge in [0.15, 0.2) is 11.9 Å². The van der Waals surface area contributed by atoms with Gasteiger partial charge in [0, 0.05) is 112 Å². The molecule has 16 heteroatoms. The van der Waals surface area contributed by atoms with Crippen LogP contribution in [0, 0.1) is 110 Å². The van der Waals surface area contributed by atoms with Gasteiger partial charge in [0.05, 0.1) is 48.1 Å². The van der Waals surface area contributed by atoms with Crippen LogP contribution in [-0.4, -0.2) is 105 Å². The van der Waals surface area contributed by atoms with E-state index in [1.165, 1.54) is 30.2 Å². The van der Waals surface area contributed by atoms with Crippen LogP contribution in [0.1, 0.15) is 80.0 Å². The van der Waals surface area contributed by atoms with E-state index < -0.39 is 93.9 Å². The minimum absolute atomic E-state index is 0. The number of carbonyl (C=O) groups excluding carboxylic acids is 3. The predicted octanol–water partition coefficient (Wildman–Crippen LogP) is 3.04. The molecule has 1 amide bonds. The summed E-state index contributed by atoms with van der Waals surface area (Å²) in [6.07, 6.45) is -4.50. The molecule has 1 saturated heterocycles. The van der Waals surface area contributed by atoms with Gasteiger partial charge >= 0.3 is 12.1 Å². The maximum Gasteiger partial charge on any atom is 0.408 e. The van der Waals surface area contributed by atoms with Crippen LogP contribution >= 0.6 is 11.8 Å². The summed E-state index contributed by atoms with van der Waals surface area (Å²) in [7, 11) is 0. The second-order valence-corrected chi connectivity index (χ2v) is 16.0. The molecule has 5 N–H and O–H groups in total. The van der Waals surface area contributed by atoms with Crippen molar-refractivity contribution in [3.05, 3.63) is 35.3 Å². The van der Waals surface area contributed by atoms with E-state index in [-0.39, 0.29) is 125 Å². The molecular weight excluding hydrogens is 1110 g/mol. The second-order valence-electron chi connectivity index (χ2n) is 15.2. The van der Waals surface area contributed by atoms with Crippen LogP contribution in [-0.2, 0) is 28.5 Å². The number of nitrogens with one attached hydrogen (secondary N) is 1. The number of ether oxygens (including phenoxy) is 4. The quantitative estimate of drug-likeness (QED) is 0.138. The van der Waals surface area contributed by atoms with Gasteiger partial charge < -0.3 is 49.1 Å². The maximum atomic E-state index is 14.9. The molecule has 11 atom stereocenters. The van der Waals surface area contributed by atoms with Crippen molar-refractivity contribution in [3.63, 3.8) is 0 Å². The molecule has 1 aromatic rings. The molecule has 1 aliphatic heterocycles. The number of esters is 1. The summed E-state index contributed by atoms with van der Waals surface area (Å²) >= 11 is 1.43. The molecule has 9 unspecified atom stereocenters. The molecule has 5 rings (SSSR count). The summed E-state index contributed by atoms with van der Waals surface area (Å²) in [5.74, 6) is -2.25. The van der Waals surface area contributed by atoms with Crippen molar-refractivity contribution < 1.29 is 146 Å². The number of ketones is 1. The Morgan fingerprint density at radius 3 is 2.31 bits per heavy atom. The first kappa shape index (κ1) is 45.8. The Kier molecular flexibility index (Phi) is 14.8. The Labute approximate surface area is 375 Å². The van der Waals surface area contributed by atoms with Crippen LogP contribution in [0.25, 0.3) is 0 Å². The Balaban J connectivity index is 0.00000351. The fourth-order valence-corrected chi connectivity index (χ4v) is 9.63. The molecule has 13 nitrogen and oxygen atoms in total. The molecule has 3 fully saturated rings. The number of fused-ring (bicyclic) bond motifs is 5. The molecule has 51 heavy (non-hydrogen) atoms. The number of rotatable bonds is 9. The molecule has 0 aromatic carbocycles. The number of furan rings is 1. The monoisotopic (exact) mass is 1160 g/mol. The number of Topliss-reactive ketones (excluding diaryl/α,β-unsaturated/α-hetero) is 1. The third kappa shape index (κ3) is 7.06. The number of alkyl carbamates (subject to hydrolysis) is 1. The van der Waals surface area contributed by atoms with Crippen molar-refractivity contribution in [2.24, 2.45) is 22.2 Å². The number of thioether (sulfide) groups is 1. The van der Waals surface area contributed by atoms with Crippen molar-refractivity contribution in [2.75, 3.05) is 18.8 Å². The average Bonchev–Trinajstić information content (AvgIpc) is 3.57. The normalized spacial score (nSPS) is 37.9. The van der Waals surface area contributed by atoms with Crippen molar-refractivity contribution >= 4 is 29.6 Å². The molecule has 4 aliphatic rings. The average molecular weight is 1160 g/mol. The fourth-order valence-electron chi connectivity index (χ4n) is 9.33. The van der Waals surface area contributed by atoms with Gasteiger partial charge in [0.1, 0.15) is 29.6 Å². The third-order valence-corrected chi connectivity index (χ3v) is 12.9. The summed E-state index contributed by atoms with van der Waals surface area (Å²) < 4.78 is 28.6. The molecule has 3 aliphatic carbocycles. The van der Waals surface area contributed by atoms with E-state index in [4.69, 9.17) is 23.4 Å². The molecule has 0 spiro atoms. The van der Waals surface area contributed by atoms with Gasteiger partial charge in [0.2, 0.25) is 0 Å². The van der Waals surface area contributed by atoms with Crippen LogP contribution in [0.2, 0.25) is 0 Å². The van der Waals surface area contributed by atoms with E-state index in [9.17, 15) is 34.8 Å². The Hall–Kier alpha value is 0.423. The van der Waals surface area contributed by atoms with Gasteiger partial charge in [-0.15, -0.1) is 11.8 Å². The molecular formula is C35H51Ac2NO12S. The van der Waals surface area contributed by atoms with E-state index in [0.29, 0.717) is 5.57 Å². The molecule has 2 bridgehead atoms. The van der Waals surface area contributed by atoms with Gasteiger partial charge in [-0.05, 0) is 63.1 Å². The van der Waals surface area contributed by atoms with Crippen molar-refractivity contribution in [1.29, 1.82) is 0 Å². The molecule has 2 heterocycles. The van der Waals surface area contributed by atoms with Crippen LogP contribution in [0.15, 0.2) is 34.0 Å². The zero-order chi connectivity index (χ0) is 36.5. The smallest absolute Gasteiger partial charge is 0.408 e. The number of carbonyl (C=O) groups is 3. The standard InChI is InChI=1S/C35H51NO12S.2Ac/c1-17(2)47-30(41)36-25(20-11-10-12-44-20)27(38)29(40)48-21-14-34(42)19(4)33(8)32(7,28(39)26(37)24(18(21)3)31(34,5)6)22(46-16-49-9)13-23-35(33,43)15-45-23;;/h10-12,17,19,21-23,25-27,37-38,42-43H,13-16H2,1-9H3,(H,36,41);;/t19-,21?,22?,23?,25?,26?,27?,32-,33?,34?,35?;;/m0../s1. The van der Waals surface area contributed by atoms with Crippen molar-refractivity contribution in [1.82, 2.24) is 5.32 Å². The van der Waals surface area contributed by atoms with E-state index in [0.717, 1.165) is 0 Å². The predicted molar refractivity (Wildman–Crippen MR) is 177 cm³/mol. The molecule has 2 saturated carbocycles. The largest absolute Gasteiger partial charge is 0.467 e. The van der Waals surface area contributed by atoms with Gasteiger partial charge in [-0.1, -0.05) is 27.7 Å². The van der Waals surface area contributed by atoms with Crippen molar-refractivity contribution in [3.8, 4) is 0 Å². The SMILES string of the molecule is CSCOC1CC2OCC2(O)C2(C)[C@H](C)C3(O)CC(OC(=O)C(O)C(NC(=O)OC(C)C)c4ccco4)C(C)=C(C(O)C(=O)[C@]12C)C3(C)C.[Ac].[Ac]. The van der Waals surface area contributed by atoms with E-state index in [1.54, 1.807) is 55.4 Å². The minimum atomic E-state index is -1.97. The zero-order valence-electron chi connectivity index (χ0n) is 30.8. The first-order valence-electron chi connectivity index (χ1n) is 16.7. The Morgan fingerprint density at radius 2 is 1.78 bits per heavy atom. The summed E-state index contributed by atoms with van der Waals surface area (Å²) in [5, 5.41) is 51.2. The number of amides is 1. The van der Waals surface area contributed by atoms with Crippen LogP contribution < -0.4 is 5.32 Å². The number of hydrogen-bond acceptors (Lipinski definition) is 13. The van der Waals surface area contributed by atoms with E-state index in [2.05, 4.69) is 5.32 Å². The topological polar surface area (TPSA) is 194 Å². The first-order chi connectivity index (χ1) is 22.7. The van der Waals surface area contributed by atoms with Gasteiger partial charge in [-0.25, -0.2) is 9.59 Å². The maximum absolute atomic E-state index is 14.9. The fraction of sp³-hybridized carbons (Fsp3) is 0.743. The zero-order valence-corrected chi connectivity index (χ0v) is 41.1. The summed E-state index contributed by atoms with van der Waals surface area (Å²) in [6.45, 7) is 13.6. The molecule has 280 valence electrons.